The number of rotatable bonds is 9. The van der Waals surface area contributed by atoms with E-state index in [4.69, 9.17) is 0 Å². The number of aliphatic hydroxyl groups excluding tert-OH is 1. The molecule has 1 N–H and O–H groups in total. The molecule has 1 saturated carbocycles. The third-order valence-corrected chi connectivity index (χ3v) is 7.99. The lowest BCUT2D eigenvalue weighted by Crippen LogP contribution is -2.49. The lowest BCUT2D eigenvalue weighted by Gasteiger charge is -2.43. The summed E-state index contributed by atoms with van der Waals surface area (Å²) in [6, 6.07) is 0. The summed E-state index contributed by atoms with van der Waals surface area (Å²) in [5, 5.41) is 10.3. The number of hydrogen-bond acceptors (Lipinski definition) is 2. The van der Waals surface area contributed by atoms with E-state index in [9.17, 15) is 5.11 Å². The van der Waals surface area contributed by atoms with Gasteiger partial charge in [0.05, 0.1) is 0 Å². The van der Waals surface area contributed by atoms with Crippen molar-refractivity contribution in [2.24, 2.45) is 29.6 Å². The quantitative estimate of drug-likeness (QED) is 0.224. The van der Waals surface area contributed by atoms with E-state index in [0.717, 1.165) is 37.0 Å². The molecule has 0 amide bonds. The van der Waals surface area contributed by atoms with Crippen molar-refractivity contribution in [3.8, 4) is 0 Å². The normalized spacial score (nSPS) is 30.8. The summed E-state index contributed by atoms with van der Waals surface area (Å²) in [4.78, 5) is 2.60. The summed E-state index contributed by atoms with van der Waals surface area (Å²) in [6.07, 6.45) is 25.5. The fraction of sp³-hybridized carbons (Fsp3) is 0.667. The highest BCUT2D eigenvalue weighted by atomic mass is 16.3. The maximum absolute atomic E-state index is 10.3. The summed E-state index contributed by atoms with van der Waals surface area (Å²) in [5.41, 5.74) is 2.98. The Bertz CT molecular complexity index is 734. The Hall–Kier alpha value is -1.54. The van der Waals surface area contributed by atoms with Crippen LogP contribution in [-0.4, -0.2) is 29.6 Å². The molecule has 0 spiro atoms. The minimum atomic E-state index is 0.454. The van der Waals surface area contributed by atoms with Crippen molar-refractivity contribution >= 4 is 0 Å². The molecule has 0 radical (unpaired) electrons. The van der Waals surface area contributed by atoms with Crippen LogP contribution in [-0.2, 0) is 0 Å². The van der Waals surface area contributed by atoms with Crippen molar-refractivity contribution in [2.75, 3.05) is 19.6 Å². The van der Waals surface area contributed by atoms with Crippen LogP contribution in [0.3, 0.4) is 0 Å². The Morgan fingerprint density at radius 1 is 1.22 bits per heavy atom. The van der Waals surface area contributed by atoms with Gasteiger partial charge in [0.1, 0.15) is 5.76 Å². The fourth-order valence-electron chi connectivity index (χ4n) is 6.21. The molecule has 0 aromatic heterocycles. The van der Waals surface area contributed by atoms with Gasteiger partial charge in [-0.3, -0.25) is 0 Å². The first kappa shape index (κ1) is 25.1. The van der Waals surface area contributed by atoms with Gasteiger partial charge in [0.2, 0.25) is 0 Å². The Morgan fingerprint density at radius 3 is 2.69 bits per heavy atom. The molecule has 3 aliphatic rings. The summed E-state index contributed by atoms with van der Waals surface area (Å²) in [5.74, 6) is 4.01. The monoisotopic (exact) mass is 437 g/mol. The van der Waals surface area contributed by atoms with Crippen LogP contribution in [0.1, 0.15) is 79.1 Å². The first-order valence-corrected chi connectivity index (χ1v) is 13.4. The molecule has 3 rings (SSSR count). The van der Waals surface area contributed by atoms with Crippen LogP contribution in [0.5, 0.6) is 0 Å². The van der Waals surface area contributed by atoms with Crippen LogP contribution in [0.25, 0.3) is 0 Å². The molecule has 32 heavy (non-hydrogen) atoms. The van der Waals surface area contributed by atoms with Gasteiger partial charge in [-0.15, -0.1) is 0 Å². The maximum Gasteiger partial charge on any atom is 0.111 e. The minimum Gasteiger partial charge on any atom is -0.508 e. The third kappa shape index (κ3) is 6.73. The van der Waals surface area contributed by atoms with Crippen LogP contribution >= 0.6 is 0 Å². The smallest absolute Gasteiger partial charge is 0.111 e. The largest absolute Gasteiger partial charge is 0.508 e. The highest BCUT2D eigenvalue weighted by Gasteiger charge is 2.36. The van der Waals surface area contributed by atoms with Crippen molar-refractivity contribution in [3.63, 3.8) is 0 Å². The standard InChI is InChI=1S/C30H47NO/c1-5-11-26(18-23(4)27-21-31(22-27)17-7-3)30-20-24(19-28(32)12-6-2)15-16-29(30)25-13-9-8-10-14-25/h5,8-9,11-12,18-19,23,25,27,29-30,32H,6-7,10,13-17,20-22H2,1-4H3/b11-5-,24-19-,26-18+,28-12+/t23?,25-,29-,30+/m1/s1. The van der Waals surface area contributed by atoms with Crippen molar-refractivity contribution in [2.45, 2.75) is 79.1 Å². The fourth-order valence-corrected chi connectivity index (χ4v) is 6.21. The Labute approximate surface area is 197 Å². The van der Waals surface area contributed by atoms with Gasteiger partial charge >= 0.3 is 0 Å². The van der Waals surface area contributed by atoms with E-state index in [2.05, 4.69) is 69.1 Å². The molecule has 2 fully saturated rings. The van der Waals surface area contributed by atoms with E-state index >= 15 is 0 Å². The van der Waals surface area contributed by atoms with Gasteiger partial charge in [-0.25, -0.2) is 0 Å². The summed E-state index contributed by atoms with van der Waals surface area (Å²) < 4.78 is 0. The topological polar surface area (TPSA) is 23.5 Å². The van der Waals surface area contributed by atoms with Gasteiger partial charge in [0.25, 0.3) is 0 Å². The van der Waals surface area contributed by atoms with Crippen LogP contribution in [0.15, 0.2) is 59.4 Å². The van der Waals surface area contributed by atoms with Crippen molar-refractivity contribution in [1.82, 2.24) is 4.90 Å². The number of likely N-dealkylation sites (tertiary alicyclic amines) is 1. The summed E-state index contributed by atoms with van der Waals surface area (Å²) >= 11 is 0. The zero-order valence-corrected chi connectivity index (χ0v) is 21.1. The molecule has 2 heteroatoms. The molecular weight excluding hydrogens is 390 g/mol. The predicted octanol–water partition coefficient (Wildman–Crippen LogP) is 8.02. The Balaban J connectivity index is 1.82. The molecule has 1 saturated heterocycles. The van der Waals surface area contributed by atoms with E-state index < -0.39 is 0 Å². The molecule has 2 aliphatic carbocycles. The second-order valence-corrected chi connectivity index (χ2v) is 10.4. The van der Waals surface area contributed by atoms with E-state index in [1.807, 2.05) is 6.08 Å². The van der Waals surface area contributed by atoms with E-state index in [-0.39, 0.29) is 0 Å². The molecule has 4 atom stereocenters. The van der Waals surface area contributed by atoms with Gasteiger partial charge in [0.15, 0.2) is 0 Å². The molecule has 0 aromatic carbocycles. The SMILES string of the molecule is C/C=C\C(=C/C(C)C1CN(CCC)C1)[C@@H]1C/C(=C\C(O)=C/CC)CC[C@@H]1[C@@H]1CC=CCC1. The lowest BCUT2D eigenvalue weighted by atomic mass is 9.65. The van der Waals surface area contributed by atoms with Crippen LogP contribution in [0, 0.1) is 29.6 Å². The lowest BCUT2D eigenvalue weighted by molar-refractivity contribution is 0.0764. The van der Waals surface area contributed by atoms with E-state index in [1.165, 1.54) is 57.3 Å². The third-order valence-electron chi connectivity index (χ3n) is 7.99. The van der Waals surface area contributed by atoms with Gasteiger partial charge in [0, 0.05) is 13.1 Å². The molecule has 1 unspecified atom stereocenters. The molecule has 2 nitrogen and oxygen atoms in total. The Morgan fingerprint density at radius 2 is 2.03 bits per heavy atom. The van der Waals surface area contributed by atoms with E-state index in [1.54, 1.807) is 5.57 Å². The second kappa shape index (κ2) is 12.6. The molecule has 1 aliphatic heterocycles. The second-order valence-electron chi connectivity index (χ2n) is 10.4. The van der Waals surface area contributed by atoms with Gasteiger partial charge in [-0.05, 0) is 112 Å². The van der Waals surface area contributed by atoms with Crippen molar-refractivity contribution in [1.29, 1.82) is 0 Å². The predicted molar refractivity (Wildman–Crippen MR) is 139 cm³/mol. The molecule has 178 valence electrons. The Kier molecular flexibility index (Phi) is 9.91. The van der Waals surface area contributed by atoms with E-state index in [0.29, 0.717) is 17.6 Å². The van der Waals surface area contributed by atoms with Crippen molar-refractivity contribution < 1.29 is 5.11 Å². The van der Waals surface area contributed by atoms with Crippen molar-refractivity contribution in [3.05, 3.63) is 59.4 Å². The van der Waals surface area contributed by atoms with Gasteiger partial charge in [-0.2, -0.15) is 0 Å². The average Bonchev–Trinajstić information content (AvgIpc) is 2.76. The maximum atomic E-state index is 10.3. The summed E-state index contributed by atoms with van der Waals surface area (Å²) in [6.45, 7) is 12.7. The number of nitrogens with zero attached hydrogens (tertiary/aromatic N) is 1. The highest BCUT2D eigenvalue weighted by Crippen LogP contribution is 2.46. The van der Waals surface area contributed by atoms with Crippen LogP contribution < -0.4 is 0 Å². The van der Waals surface area contributed by atoms with Gasteiger partial charge < -0.3 is 10.0 Å². The highest BCUT2D eigenvalue weighted by molar-refractivity contribution is 5.29. The zero-order chi connectivity index (χ0) is 22.9. The van der Waals surface area contributed by atoms with Gasteiger partial charge in [-0.1, -0.05) is 56.7 Å². The number of hydrogen-bond donors (Lipinski definition) is 1. The summed E-state index contributed by atoms with van der Waals surface area (Å²) in [7, 11) is 0. The molecular formula is C30H47NO. The zero-order valence-electron chi connectivity index (χ0n) is 21.1. The number of allylic oxidation sites excluding steroid dienone is 9. The van der Waals surface area contributed by atoms with Crippen LogP contribution in [0.4, 0.5) is 0 Å². The first-order chi connectivity index (χ1) is 15.5. The molecule has 0 aromatic rings. The molecule has 0 bridgehead atoms. The average molecular weight is 438 g/mol. The first-order valence-electron chi connectivity index (χ1n) is 13.4. The number of aliphatic hydroxyl groups is 1. The molecule has 1 heterocycles. The minimum absolute atomic E-state index is 0.454. The van der Waals surface area contributed by atoms with Crippen LogP contribution in [0.2, 0.25) is 0 Å².